The number of carbonyl (C=O) groups excluding carboxylic acids is 1. The normalized spacial score (nSPS) is 17.4. The molecule has 1 aromatic heterocycles. The van der Waals surface area contributed by atoms with Gasteiger partial charge in [-0.3, -0.25) is 14.4 Å². The summed E-state index contributed by atoms with van der Waals surface area (Å²) in [6.07, 6.45) is 0.412. The van der Waals surface area contributed by atoms with E-state index in [4.69, 9.17) is 0 Å². The van der Waals surface area contributed by atoms with Crippen molar-refractivity contribution in [1.82, 2.24) is 20.0 Å². The largest absolute Gasteiger partial charge is 0.314 e. The van der Waals surface area contributed by atoms with Gasteiger partial charge in [0.15, 0.2) is 5.78 Å². The molecule has 0 amide bonds. The quantitative estimate of drug-likeness (QED) is 0.895. The fourth-order valence-electron chi connectivity index (χ4n) is 2.64. The topological polar surface area (TPSA) is 50.2 Å². The molecule has 0 radical (unpaired) electrons. The van der Waals surface area contributed by atoms with Crippen LogP contribution in [-0.2, 0) is 18.3 Å². The van der Waals surface area contributed by atoms with E-state index in [1.54, 1.807) is 4.68 Å². The summed E-state index contributed by atoms with van der Waals surface area (Å²) >= 11 is 3.53. The van der Waals surface area contributed by atoms with E-state index in [1.807, 2.05) is 27.8 Å². The Morgan fingerprint density at radius 1 is 1.40 bits per heavy atom. The zero-order valence-electron chi connectivity index (χ0n) is 12.7. The molecule has 0 saturated carbocycles. The van der Waals surface area contributed by atoms with Gasteiger partial charge < -0.3 is 5.32 Å². The number of carbonyl (C=O) groups is 1. The molecule has 0 bridgehead atoms. The van der Waals surface area contributed by atoms with E-state index < -0.39 is 5.54 Å². The molecule has 1 N–H and O–H groups in total. The van der Waals surface area contributed by atoms with Crippen molar-refractivity contribution in [2.45, 2.75) is 32.7 Å². The fourth-order valence-corrected chi connectivity index (χ4v) is 3.12. The molecule has 1 fully saturated rings. The lowest BCUT2D eigenvalue weighted by molar-refractivity contribution is -0.129. The van der Waals surface area contributed by atoms with Gasteiger partial charge in [-0.15, -0.1) is 0 Å². The minimum absolute atomic E-state index is 0.239. The molecule has 20 heavy (non-hydrogen) atoms. The summed E-state index contributed by atoms with van der Waals surface area (Å²) in [5.74, 6) is 0.239. The molecule has 1 aromatic rings. The minimum Gasteiger partial charge on any atom is -0.314 e. The van der Waals surface area contributed by atoms with Gasteiger partial charge in [0.25, 0.3) is 0 Å². The second-order valence-corrected chi connectivity index (χ2v) is 6.66. The molecule has 1 saturated heterocycles. The average Bonchev–Trinajstić information content (AvgIpc) is 2.66. The number of aromatic nitrogens is 2. The third-order valence-corrected chi connectivity index (χ3v) is 5.21. The number of hydrogen-bond acceptors (Lipinski definition) is 4. The Labute approximate surface area is 128 Å². The zero-order valence-corrected chi connectivity index (χ0v) is 14.2. The summed E-state index contributed by atoms with van der Waals surface area (Å²) in [4.78, 5) is 15.0. The van der Waals surface area contributed by atoms with Crippen molar-refractivity contribution >= 4 is 21.7 Å². The number of piperazine rings is 1. The summed E-state index contributed by atoms with van der Waals surface area (Å²) in [6.45, 7) is 9.74. The average molecular weight is 343 g/mol. The van der Waals surface area contributed by atoms with Crippen molar-refractivity contribution < 1.29 is 4.79 Å². The van der Waals surface area contributed by atoms with E-state index in [-0.39, 0.29) is 5.78 Å². The van der Waals surface area contributed by atoms with Gasteiger partial charge in [0.05, 0.1) is 27.8 Å². The SMILES string of the molecule is Cc1nn(C)c(CC(=O)C(C)(C)N2CCNCC2)c1Br. The van der Waals surface area contributed by atoms with E-state index in [1.165, 1.54) is 0 Å². The molecular formula is C14H23BrN4O. The molecule has 2 heterocycles. The summed E-state index contributed by atoms with van der Waals surface area (Å²) in [5.41, 5.74) is 1.45. The van der Waals surface area contributed by atoms with E-state index >= 15 is 0 Å². The number of rotatable bonds is 4. The molecule has 5 nitrogen and oxygen atoms in total. The van der Waals surface area contributed by atoms with Crippen LogP contribution >= 0.6 is 15.9 Å². The number of aryl methyl sites for hydroxylation is 2. The highest BCUT2D eigenvalue weighted by atomic mass is 79.9. The van der Waals surface area contributed by atoms with E-state index in [0.717, 1.165) is 42.0 Å². The molecule has 6 heteroatoms. The van der Waals surface area contributed by atoms with Crippen LogP contribution < -0.4 is 5.32 Å². The van der Waals surface area contributed by atoms with Crippen LogP contribution in [0.2, 0.25) is 0 Å². The van der Waals surface area contributed by atoms with Gasteiger partial charge in [0, 0.05) is 33.2 Å². The maximum Gasteiger partial charge on any atom is 0.158 e. The standard InChI is InChI=1S/C14H23BrN4O/c1-10-13(15)11(18(4)17-10)9-12(20)14(2,3)19-7-5-16-6-8-19/h16H,5-9H2,1-4H3. The third kappa shape index (κ3) is 2.97. The van der Waals surface area contributed by atoms with Gasteiger partial charge in [-0.2, -0.15) is 5.10 Å². The highest BCUT2D eigenvalue weighted by Crippen LogP contribution is 2.24. The van der Waals surface area contributed by atoms with Crippen molar-refractivity contribution in [3.05, 3.63) is 15.9 Å². The molecule has 0 atom stereocenters. The highest BCUT2D eigenvalue weighted by molar-refractivity contribution is 9.10. The van der Waals surface area contributed by atoms with Crippen LogP contribution in [0.3, 0.4) is 0 Å². The summed E-state index contributed by atoms with van der Waals surface area (Å²) in [7, 11) is 1.89. The summed E-state index contributed by atoms with van der Waals surface area (Å²) < 4.78 is 2.75. The van der Waals surface area contributed by atoms with Crippen molar-refractivity contribution in [3.8, 4) is 0 Å². The molecular weight excluding hydrogens is 320 g/mol. The maximum absolute atomic E-state index is 12.7. The van der Waals surface area contributed by atoms with Crippen LogP contribution in [0.4, 0.5) is 0 Å². The summed E-state index contributed by atoms with van der Waals surface area (Å²) in [5, 5.41) is 7.67. The van der Waals surface area contributed by atoms with Crippen LogP contribution in [0, 0.1) is 6.92 Å². The Morgan fingerprint density at radius 3 is 2.50 bits per heavy atom. The van der Waals surface area contributed by atoms with Crippen LogP contribution in [0.15, 0.2) is 4.47 Å². The van der Waals surface area contributed by atoms with Crippen molar-refractivity contribution in [2.75, 3.05) is 26.2 Å². The first-order valence-electron chi connectivity index (χ1n) is 7.01. The summed E-state index contributed by atoms with van der Waals surface area (Å²) in [6, 6.07) is 0. The van der Waals surface area contributed by atoms with Gasteiger partial charge in [0.2, 0.25) is 0 Å². The van der Waals surface area contributed by atoms with Crippen molar-refractivity contribution in [1.29, 1.82) is 0 Å². The first kappa shape index (κ1) is 15.7. The number of ketones is 1. The predicted octanol–water partition coefficient (Wildman–Crippen LogP) is 1.29. The molecule has 1 aliphatic heterocycles. The third-order valence-electron chi connectivity index (χ3n) is 4.18. The van der Waals surface area contributed by atoms with Gasteiger partial charge >= 0.3 is 0 Å². The lowest BCUT2D eigenvalue weighted by Crippen LogP contribution is -2.57. The molecule has 0 aliphatic carbocycles. The second kappa shape index (κ2) is 5.95. The van der Waals surface area contributed by atoms with Gasteiger partial charge in [-0.05, 0) is 36.7 Å². The lowest BCUT2D eigenvalue weighted by Gasteiger charge is -2.40. The number of halogens is 1. The van der Waals surface area contributed by atoms with Crippen LogP contribution in [0.25, 0.3) is 0 Å². The smallest absolute Gasteiger partial charge is 0.158 e. The van der Waals surface area contributed by atoms with Gasteiger partial charge in [0.1, 0.15) is 0 Å². The Bertz CT molecular complexity index is 504. The van der Waals surface area contributed by atoms with E-state index in [0.29, 0.717) is 6.42 Å². The van der Waals surface area contributed by atoms with Crippen LogP contribution in [-0.4, -0.2) is 52.2 Å². The van der Waals surface area contributed by atoms with Crippen LogP contribution in [0.1, 0.15) is 25.2 Å². The molecule has 2 rings (SSSR count). The van der Waals surface area contributed by atoms with E-state index in [9.17, 15) is 4.79 Å². The fraction of sp³-hybridized carbons (Fsp3) is 0.714. The second-order valence-electron chi connectivity index (χ2n) is 5.87. The number of nitrogens with one attached hydrogen (secondary N) is 1. The Kier molecular flexibility index (Phi) is 4.66. The highest BCUT2D eigenvalue weighted by Gasteiger charge is 2.35. The molecule has 112 valence electrons. The maximum atomic E-state index is 12.7. The lowest BCUT2D eigenvalue weighted by atomic mass is 9.92. The Hall–Kier alpha value is -0.720. The first-order chi connectivity index (χ1) is 9.34. The minimum atomic E-state index is -0.431. The van der Waals surface area contributed by atoms with Crippen molar-refractivity contribution in [3.63, 3.8) is 0 Å². The Balaban J connectivity index is 2.14. The number of Topliss-reactive ketones (excluding diaryl/α,β-unsaturated/α-hetero) is 1. The Morgan fingerprint density at radius 2 is 2.00 bits per heavy atom. The van der Waals surface area contributed by atoms with Crippen molar-refractivity contribution in [2.24, 2.45) is 7.05 Å². The van der Waals surface area contributed by atoms with Crippen LogP contribution in [0.5, 0.6) is 0 Å². The van der Waals surface area contributed by atoms with Gasteiger partial charge in [-0.1, -0.05) is 0 Å². The molecule has 0 spiro atoms. The number of nitrogens with zero attached hydrogens (tertiary/aromatic N) is 3. The zero-order chi connectivity index (χ0) is 14.9. The monoisotopic (exact) mass is 342 g/mol. The van der Waals surface area contributed by atoms with E-state index in [2.05, 4.69) is 31.2 Å². The molecule has 1 aliphatic rings. The predicted molar refractivity (Wildman–Crippen MR) is 82.9 cm³/mol. The molecule has 0 unspecified atom stereocenters. The first-order valence-corrected chi connectivity index (χ1v) is 7.80. The number of hydrogen-bond donors (Lipinski definition) is 1. The molecule has 0 aromatic carbocycles. The van der Waals surface area contributed by atoms with Gasteiger partial charge in [-0.25, -0.2) is 0 Å².